The van der Waals surface area contributed by atoms with Gasteiger partial charge in [0.25, 0.3) is 0 Å². The molecule has 4 aromatic rings. The number of rotatable bonds is 10. The number of nitrogens with zero attached hydrogens (tertiary/aromatic N) is 2. The Morgan fingerprint density at radius 3 is 1.96 bits per heavy atom. The van der Waals surface area contributed by atoms with Crippen LogP contribution in [0.25, 0.3) is 27.9 Å². The average Bonchev–Trinajstić information content (AvgIpc) is 3.75. The van der Waals surface area contributed by atoms with Crippen LogP contribution in [-0.4, -0.2) is 82.0 Å². The van der Waals surface area contributed by atoms with E-state index in [0.717, 1.165) is 36.1 Å². The summed E-state index contributed by atoms with van der Waals surface area (Å²) in [6.07, 6.45) is 17.0. The molecule has 0 bridgehead atoms. The number of aryl methyl sites for hydroxylation is 1. The summed E-state index contributed by atoms with van der Waals surface area (Å²) in [6, 6.07) is 15.2. The summed E-state index contributed by atoms with van der Waals surface area (Å²) in [5.41, 5.74) is 11.8. The van der Waals surface area contributed by atoms with Gasteiger partial charge in [0.05, 0.1) is 0 Å². The standard InChI is InChI=1S/C22H30N2S.C21H28N2S/c1-3-19-18-10-21-17(16-5-4-6-20(23-19)22(16)18)9-15(13-25-2)12-24(21)11-14-7-8-14;1-4-9-23-12-14(13-24-3)10-16-15-7-6-8-19-21(15)17(11-20(16)23)18(5-2)22-19/h4-6,14-15,17,21,23H,3,7-13H2,1-2H3;5-8,14,16,20,22H,2,4,9-13H2,1,3H3/t15-,17-,21-;14-,16-,20-/m11/s1. The van der Waals surface area contributed by atoms with Crippen LogP contribution in [0.3, 0.4) is 0 Å². The lowest BCUT2D eigenvalue weighted by Gasteiger charge is -2.47. The van der Waals surface area contributed by atoms with Crippen LogP contribution in [0.1, 0.15) is 91.4 Å². The highest BCUT2D eigenvalue weighted by atomic mass is 32.2. The van der Waals surface area contributed by atoms with E-state index in [4.69, 9.17) is 0 Å². The second-order valence-corrected chi connectivity index (χ2v) is 17.8. The molecular formula is C43H58N4S2. The molecule has 3 fully saturated rings. The highest BCUT2D eigenvalue weighted by Crippen LogP contribution is 2.48. The van der Waals surface area contributed by atoms with E-state index in [1.165, 1.54) is 116 Å². The molecule has 4 heterocycles. The van der Waals surface area contributed by atoms with Crippen molar-refractivity contribution in [1.82, 2.24) is 19.8 Å². The Kier molecular flexibility index (Phi) is 10.0. The number of fused-ring (bicyclic) bond motifs is 4. The van der Waals surface area contributed by atoms with Gasteiger partial charge in [0.15, 0.2) is 0 Å². The number of aromatic amines is 2. The second-order valence-electron chi connectivity index (χ2n) is 16.0. The van der Waals surface area contributed by atoms with Crippen molar-refractivity contribution in [2.75, 3.05) is 50.2 Å². The Balaban J connectivity index is 0.000000142. The Hall–Kier alpha value is -2.12. The van der Waals surface area contributed by atoms with Crippen molar-refractivity contribution < 1.29 is 0 Å². The number of aromatic nitrogens is 2. The van der Waals surface area contributed by atoms with Gasteiger partial charge in [-0.1, -0.05) is 44.7 Å². The molecule has 2 N–H and O–H groups in total. The molecule has 2 aromatic heterocycles. The first kappa shape index (κ1) is 34.0. The smallest absolute Gasteiger partial charge is 0.0464 e. The summed E-state index contributed by atoms with van der Waals surface area (Å²) in [4.78, 5) is 13.0. The molecule has 2 saturated heterocycles. The number of likely N-dealkylation sites (tertiary alicyclic amines) is 2. The maximum Gasteiger partial charge on any atom is 0.0464 e. The molecule has 6 heteroatoms. The van der Waals surface area contributed by atoms with Crippen LogP contribution in [0.15, 0.2) is 43.0 Å². The maximum atomic E-state index is 4.04. The average molecular weight is 695 g/mol. The summed E-state index contributed by atoms with van der Waals surface area (Å²) >= 11 is 4.04. The van der Waals surface area contributed by atoms with Crippen molar-refractivity contribution >= 4 is 51.4 Å². The van der Waals surface area contributed by atoms with Gasteiger partial charge in [-0.15, -0.1) is 0 Å². The lowest BCUT2D eigenvalue weighted by atomic mass is 9.72. The number of hydrogen-bond acceptors (Lipinski definition) is 4. The molecule has 9 rings (SSSR count). The molecule has 1 saturated carbocycles. The fourth-order valence-corrected chi connectivity index (χ4v) is 12.1. The van der Waals surface area contributed by atoms with Crippen LogP contribution >= 0.6 is 23.5 Å². The number of H-pyrrole nitrogens is 2. The molecule has 0 spiro atoms. The van der Waals surface area contributed by atoms with Crippen molar-refractivity contribution in [3.05, 3.63) is 76.6 Å². The zero-order chi connectivity index (χ0) is 33.6. The SMILES string of the molecule is C=Cc1[nH]c2cccc3c2c1C[C@@H]1[C@@H]3C[C@@H](CSC)CN1CCC.CCc1[nH]c2cccc3c2c1C[C@@H]1[C@@H]3C[C@@H](CSC)CN1CC1CC1. The van der Waals surface area contributed by atoms with Crippen LogP contribution in [0.4, 0.5) is 0 Å². The molecule has 6 atom stereocenters. The molecule has 0 amide bonds. The van der Waals surface area contributed by atoms with Crippen molar-refractivity contribution in [2.24, 2.45) is 17.8 Å². The Morgan fingerprint density at radius 1 is 0.776 bits per heavy atom. The van der Waals surface area contributed by atoms with E-state index >= 15 is 0 Å². The Bertz CT molecular complexity index is 1780. The van der Waals surface area contributed by atoms with Gasteiger partial charge in [-0.2, -0.15) is 23.5 Å². The molecule has 0 radical (unpaired) electrons. The van der Waals surface area contributed by atoms with Gasteiger partial charge in [-0.25, -0.2) is 0 Å². The molecule has 262 valence electrons. The molecule has 49 heavy (non-hydrogen) atoms. The van der Waals surface area contributed by atoms with Gasteiger partial charge in [0, 0.05) is 76.7 Å². The van der Waals surface area contributed by atoms with Crippen molar-refractivity contribution in [2.45, 2.75) is 89.1 Å². The van der Waals surface area contributed by atoms with Gasteiger partial charge < -0.3 is 9.97 Å². The summed E-state index contributed by atoms with van der Waals surface area (Å²) in [5.74, 6) is 6.70. The lowest BCUT2D eigenvalue weighted by Crippen LogP contribution is -2.51. The molecule has 0 unspecified atom stereocenters. The minimum Gasteiger partial charge on any atom is -0.358 e. The molecule has 3 aliphatic carbocycles. The van der Waals surface area contributed by atoms with Crippen molar-refractivity contribution in [1.29, 1.82) is 0 Å². The first-order valence-electron chi connectivity index (χ1n) is 19.4. The third-order valence-electron chi connectivity index (χ3n) is 12.8. The summed E-state index contributed by atoms with van der Waals surface area (Å²) in [7, 11) is 0. The van der Waals surface area contributed by atoms with E-state index in [1.807, 2.05) is 29.6 Å². The number of hydrogen-bond donors (Lipinski definition) is 2. The normalized spacial score (nSPS) is 27.8. The van der Waals surface area contributed by atoms with E-state index in [0.29, 0.717) is 12.0 Å². The van der Waals surface area contributed by atoms with Gasteiger partial charge >= 0.3 is 0 Å². The Labute approximate surface area is 303 Å². The third kappa shape index (κ3) is 6.36. The number of thioether (sulfide) groups is 2. The number of nitrogens with one attached hydrogen (secondary N) is 2. The summed E-state index contributed by atoms with van der Waals surface area (Å²) in [6.45, 7) is 13.8. The topological polar surface area (TPSA) is 38.1 Å². The van der Waals surface area contributed by atoms with E-state index in [9.17, 15) is 0 Å². The minimum absolute atomic E-state index is 0.663. The monoisotopic (exact) mass is 694 g/mol. The van der Waals surface area contributed by atoms with E-state index in [2.05, 4.69) is 89.1 Å². The third-order valence-corrected chi connectivity index (χ3v) is 14.4. The predicted octanol–water partition coefficient (Wildman–Crippen LogP) is 9.75. The zero-order valence-electron chi connectivity index (χ0n) is 30.4. The molecular weight excluding hydrogens is 637 g/mol. The Morgan fingerprint density at radius 2 is 1.37 bits per heavy atom. The fraction of sp³-hybridized carbons (Fsp3) is 0.581. The van der Waals surface area contributed by atoms with Crippen LogP contribution in [0.5, 0.6) is 0 Å². The van der Waals surface area contributed by atoms with Gasteiger partial charge in [0.2, 0.25) is 0 Å². The van der Waals surface area contributed by atoms with E-state index in [1.54, 1.807) is 22.1 Å². The second kappa shape index (κ2) is 14.5. The zero-order valence-corrected chi connectivity index (χ0v) is 32.0. The molecule has 2 aliphatic heterocycles. The highest BCUT2D eigenvalue weighted by Gasteiger charge is 2.43. The fourth-order valence-electron chi connectivity index (χ4n) is 10.7. The van der Waals surface area contributed by atoms with Crippen molar-refractivity contribution in [3.63, 3.8) is 0 Å². The van der Waals surface area contributed by atoms with E-state index < -0.39 is 0 Å². The van der Waals surface area contributed by atoms with Gasteiger partial charge in [-0.3, -0.25) is 9.80 Å². The first-order valence-corrected chi connectivity index (χ1v) is 22.2. The van der Waals surface area contributed by atoms with Crippen LogP contribution in [0.2, 0.25) is 0 Å². The highest BCUT2D eigenvalue weighted by molar-refractivity contribution is 7.98. The molecule has 2 aromatic carbocycles. The van der Waals surface area contributed by atoms with Crippen LogP contribution in [0, 0.1) is 17.8 Å². The predicted molar refractivity (Wildman–Crippen MR) is 216 cm³/mol. The van der Waals surface area contributed by atoms with Crippen molar-refractivity contribution in [3.8, 4) is 0 Å². The maximum absolute atomic E-state index is 4.04. The quantitative estimate of drug-likeness (QED) is 0.173. The van der Waals surface area contributed by atoms with Crippen LogP contribution in [-0.2, 0) is 19.3 Å². The van der Waals surface area contributed by atoms with Crippen LogP contribution < -0.4 is 0 Å². The number of benzene rings is 2. The van der Waals surface area contributed by atoms with E-state index in [-0.39, 0.29) is 0 Å². The number of piperidine rings is 2. The summed E-state index contributed by atoms with van der Waals surface area (Å²) < 4.78 is 0. The van der Waals surface area contributed by atoms with Gasteiger partial charge in [-0.05, 0) is 140 Å². The molecule has 5 aliphatic rings. The first-order chi connectivity index (χ1) is 24.0. The summed E-state index contributed by atoms with van der Waals surface area (Å²) in [5, 5.41) is 3.08. The largest absolute Gasteiger partial charge is 0.358 e. The lowest BCUT2D eigenvalue weighted by molar-refractivity contribution is 0.0876. The minimum atomic E-state index is 0.663. The molecule has 4 nitrogen and oxygen atoms in total. The van der Waals surface area contributed by atoms with Gasteiger partial charge in [0.1, 0.15) is 0 Å².